The summed E-state index contributed by atoms with van der Waals surface area (Å²) < 4.78 is 68.9. The molecule has 3 amide bonds. The molecule has 0 aliphatic heterocycles. The van der Waals surface area contributed by atoms with E-state index in [-0.39, 0.29) is 38.2 Å². The molecule has 2 rings (SSSR count). The second-order valence-electron chi connectivity index (χ2n) is 7.93. The first-order chi connectivity index (χ1) is 16.6. The highest BCUT2D eigenvalue weighted by Crippen LogP contribution is 2.38. The van der Waals surface area contributed by atoms with Crippen LogP contribution in [0, 0.1) is 5.41 Å². The lowest BCUT2D eigenvalue weighted by Crippen LogP contribution is -2.46. The summed E-state index contributed by atoms with van der Waals surface area (Å²) in [5.74, 6) is -3.41. The standard InChI is InChI=1S/C22H20Cl2F5N3O4/c1-21(2,22(27,28)29)20(35)31-8-10-3-5-13(23)16(17(10)24)19(34)32-11-4-6-14(36-9-15(25)26)12(7-11)18(30)33/h3-7,15H,8-9H2,1-2H3,(H2,30,33)(H,31,35)(H,32,34). The van der Waals surface area contributed by atoms with Crippen molar-refractivity contribution in [2.75, 3.05) is 11.9 Å². The Kier molecular flexibility index (Phi) is 9.13. The van der Waals surface area contributed by atoms with Crippen LogP contribution in [-0.4, -0.2) is 36.9 Å². The number of halogens is 7. The number of hydrogen-bond donors (Lipinski definition) is 3. The third kappa shape index (κ3) is 6.76. The third-order valence-corrected chi connectivity index (χ3v) is 5.73. The first-order valence-electron chi connectivity index (χ1n) is 10.0. The van der Waals surface area contributed by atoms with Gasteiger partial charge in [0.2, 0.25) is 5.91 Å². The Hall–Kier alpha value is -3.12. The fourth-order valence-corrected chi connectivity index (χ4v) is 3.35. The average Bonchev–Trinajstić information content (AvgIpc) is 2.76. The molecule has 14 heteroatoms. The van der Waals surface area contributed by atoms with E-state index in [9.17, 15) is 36.3 Å². The maximum atomic E-state index is 13.1. The highest BCUT2D eigenvalue weighted by molar-refractivity contribution is 6.40. The lowest BCUT2D eigenvalue weighted by Gasteiger charge is -2.26. The van der Waals surface area contributed by atoms with Crippen molar-refractivity contribution in [2.45, 2.75) is 33.0 Å². The van der Waals surface area contributed by atoms with Crippen molar-refractivity contribution < 1.29 is 41.1 Å². The van der Waals surface area contributed by atoms with E-state index in [0.29, 0.717) is 0 Å². The zero-order chi connectivity index (χ0) is 27.4. The largest absolute Gasteiger partial charge is 0.487 e. The first-order valence-corrected chi connectivity index (χ1v) is 10.8. The van der Waals surface area contributed by atoms with Gasteiger partial charge in [0, 0.05) is 12.2 Å². The summed E-state index contributed by atoms with van der Waals surface area (Å²) in [7, 11) is 0. The van der Waals surface area contributed by atoms with Crippen molar-refractivity contribution in [3.63, 3.8) is 0 Å². The molecule has 2 aromatic rings. The van der Waals surface area contributed by atoms with Gasteiger partial charge in [-0.15, -0.1) is 0 Å². The van der Waals surface area contributed by atoms with Gasteiger partial charge in [-0.1, -0.05) is 29.3 Å². The molecule has 0 aliphatic carbocycles. The predicted octanol–water partition coefficient (Wildman–Crippen LogP) is 5.19. The minimum Gasteiger partial charge on any atom is -0.487 e. The van der Waals surface area contributed by atoms with Crippen LogP contribution in [0.5, 0.6) is 5.75 Å². The van der Waals surface area contributed by atoms with Gasteiger partial charge in [0.25, 0.3) is 18.2 Å². The van der Waals surface area contributed by atoms with Crippen LogP contribution in [-0.2, 0) is 11.3 Å². The lowest BCUT2D eigenvalue weighted by molar-refractivity contribution is -0.211. The van der Waals surface area contributed by atoms with Crippen LogP contribution in [0.15, 0.2) is 30.3 Å². The number of alkyl halides is 5. The summed E-state index contributed by atoms with van der Waals surface area (Å²) in [5.41, 5.74) is 2.14. The molecule has 0 saturated carbocycles. The molecule has 0 aromatic heterocycles. The molecule has 0 aliphatic rings. The number of hydrogen-bond acceptors (Lipinski definition) is 4. The second-order valence-corrected chi connectivity index (χ2v) is 8.72. The van der Waals surface area contributed by atoms with Gasteiger partial charge in [-0.3, -0.25) is 14.4 Å². The second kappa shape index (κ2) is 11.3. The SMILES string of the molecule is CC(C)(C(=O)NCc1ccc(Cl)c(C(=O)Nc2ccc(OCC(F)F)c(C(N)=O)c2)c1Cl)C(F)(F)F. The van der Waals surface area contributed by atoms with Crippen molar-refractivity contribution in [3.8, 4) is 5.75 Å². The Morgan fingerprint density at radius 2 is 1.72 bits per heavy atom. The molecule has 0 heterocycles. The van der Waals surface area contributed by atoms with E-state index in [0.717, 1.165) is 26.0 Å². The summed E-state index contributed by atoms with van der Waals surface area (Å²) in [6, 6.07) is 6.07. The highest BCUT2D eigenvalue weighted by Gasteiger charge is 2.52. The van der Waals surface area contributed by atoms with Crippen molar-refractivity contribution in [1.29, 1.82) is 0 Å². The Morgan fingerprint density at radius 1 is 1.08 bits per heavy atom. The molecule has 2 aromatic carbocycles. The van der Waals surface area contributed by atoms with Gasteiger partial charge in [0.05, 0.1) is 21.2 Å². The molecule has 0 saturated heterocycles. The van der Waals surface area contributed by atoms with E-state index < -0.39 is 48.9 Å². The van der Waals surface area contributed by atoms with Crippen LogP contribution >= 0.6 is 23.2 Å². The molecule has 0 unspecified atom stereocenters. The van der Waals surface area contributed by atoms with Crippen molar-refractivity contribution >= 4 is 46.6 Å². The number of nitrogens with one attached hydrogen (secondary N) is 2. The van der Waals surface area contributed by atoms with E-state index in [1.165, 1.54) is 18.2 Å². The summed E-state index contributed by atoms with van der Waals surface area (Å²) in [6.45, 7) is 0.0149. The topological polar surface area (TPSA) is 111 Å². The Morgan fingerprint density at radius 3 is 2.28 bits per heavy atom. The summed E-state index contributed by atoms with van der Waals surface area (Å²) >= 11 is 12.3. The predicted molar refractivity (Wildman–Crippen MR) is 123 cm³/mol. The van der Waals surface area contributed by atoms with Crippen LogP contribution in [0.1, 0.15) is 40.1 Å². The van der Waals surface area contributed by atoms with Crippen molar-refractivity contribution in [1.82, 2.24) is 5.32 Å². The third-order valence-electron chi connectivity index (χ3n) is 4.98. The highest BCUT2D eigenvalue weighted by atomic mass is 35.5. The minimum atomic E-state index is -4.80. The van der Waals surface area contributed by atoms with E-state index in [1.807, 2.05) is 0 Å². The molecule has 36 heavy (non-hydrogen) atoms. The van der Waals surface area contributed by atoms with Crippen LogP contribution in [0.25, 0.3) is 0 Å². The molecule has 7 nitrogen and oxygen atoms in total. The summed E-state index contributed by atoms with van der Waals surface area (Å²) in [5, 5.41) is 4.18. The van der Waals surface area contributed by atoms with Gasteiger partial charge < -0.3 is 21.1 Å². The smallest absolute Gasteiger partial charge is 0.402 e. The zero-order valence-electron chi connectivity index (χ0n) is 18.7. The molecular weight excluding hydrogens is 536 g/mol. The molecule has 0 spiro atoms. The number of primary amides is 1. The number of rotatable bonds is 9. The van der Waals surface area contributed by atoms with Crippen LogP contribution in [0.2, 0.25) is 10.0 Å². The molecule has 0 bridgehead atoms. The van der Waals surface area contributed by atoms with Gasteiger partial charge in [-0.25, -0.2) is 8.78 Å². The molecule has 0 radical (unpaired) electrons. The number of benzene rings is 2. The Labute approximate surface area is 212 Å². The molecule has 0 fully saturated rings. The number of anilines is 1. The normalized spacial score (nSPS) is 11.8. The fourth-order valence-electron chi connectivity index (χ4n) is 2.74. The summed E-state index contributed by atoms with van der Waals surface area (Å²) in [6.07, 6.45) is -7.60. The number of amides is 3. The van der Waals surface area contributed by atoms with Gasteiger partial charge in [-0.05, 0) is 43.7 Å². The molecule has 0 atom stereocenters. The van der Waals surface area contributed by atoms with Crippen molar-refractivity contribution in [2.24, 2.45) is 11.1 Å². The number of ether oxygens (including phenoxy) is 1. The molecule has 4 N–H and O–H groups in total. The van der Waals surface area contributed by atoms with Gasteiger partial charge in [0.15, 0.2) is 0 Å². The van der Waals surface area contributed by atoms with Gasteiger partial charge in [-0.2, -0.15) is 13.2 Å². The zero-order valence-corrected chi connectivity index (χ0v) is 20.2. The van der Waals surface area contributed by atoms with Gasteiger partial charge in [0.1, 0.15) is 17.8 Å². The molecular formula is C22H20Cl2F5N3O4. The molecule has 196 valence electrons. The fraction of sp³-hybridized carbons (Fsp3) is 0.318. The monoisotopic (exact) mass is 555 g/mol. The maximum absolute atomic E-state index is 13.1. The van der Waals surface area contributed by atoms with Crippen LogP contribution in [0.4, 0.5) is 27.6 Å². The van der Waals surface area contributed by atoms with Crippen LogP contribution in [0.3, 0.4) is 0 Å². The van der Waals surface area contributed by atoms with Crippen LogP contribution < -0.4 is 21.1 Å². The Balaban J connectivity index is 2.26. The van der Waals surface area contributed by atoms with E-state index in [2.05, 4.69) is 10.6 Å². The van der Waals surface area contributed by atoms with E-state index in [1.54, 1.807) is 0 Å². The number of carbonyl (C=O) groups is 3. The quantitative estimate of drug-likeness (QED) is 0.369. The first kappa shape index (κ1) is 29.1. The summed E-state index contributed by atoms with van der Waals surface area (Å²) in [4.78, 5) is 36.6. The van der Waals surface area contributed by atoms with Gasteiger partial charge >= 0.3 is 6.18 Å². The minimum absolute atomic E-state index is 0.0102. The maximum Gasteiger partial charge on any atom is 0.402 e. The van der Waals surface area contributed by atoms with Crippen molar-refractivity contribution in [3.05, 3.63) is 57.1 Å². The Bertz CT molecular complexity index is 1170. The number of nitrogens with two attached hydrogens (primary N) is 1. The average molecular weight is 556 g/mol. The van der Waals surface area contributed by atoms with E-state index >= 15 is 0 Å². The van der Waals surface area contributed by atoms with E-state index in [4.69, 9.17) is 33.7 Å². The lowest BCUT2D eigenvalue weighted by atomic mass is 9.91. The number of carbonyl (C=O) groups excluding carboxylic acids is 3.